The van der Waals surface area contributed by atoms with Crippen molar-refractivity contribution in [3.8, 4) is 11.5 Å². The van der Waals surface area contributed by atoms with E-state index in [0.29, 0.717) is 22.4 Å². The second-order valence-electron chi connectivity index (χ2n) is 13.2. The molecule has 2 aliphatic heterocycles. The average Bonchev–Trinajstić information content (AvgIpc) is 3.18. The Morgan fingerprint density at radius 3 is 1.58 bits per heavy atom. The van der Waals surface area contributed by atoms with Crippen LogP contribution in [0.3, 0.4) is 0 Å². The lowest BCUT2D eigenvalue weighted by molar-refractivity contribution is -0.147. The zero-order valence-corrected chi connectivity index (χ0v) is 29.7. The summed E-state index contributed by atoms with van der Waals surface area (Å²) < 4.78 is 11.5. The zero-order chi connectivity index (χ0) is 40.5. The van der Waals surface area contributed by atoms with Crippen LogP contribution in [0, 0.1) is 0 Å². The summed E-state index contributed by atoms with van der Waals surface area (Å²) in [5.74, 6) is -6.84. The minimum absolute atomic E-state index is 0.0298. The molecule has 2 aliphatic rings. The molecule has 0 aliphatic carbocycles. The van der Waals surface area contributed by atoms with Crippen LogP contribution < -0.4 is 14.8 Å². The van der Waals surface area contributed by atoms with Gasteiger partial charge in [-0.25, -0.2) is 9.59 Å². The second kappa shape index (κ2) is 15.3. The van der Waals surface area contributed by atoms with Crippen molar-refractivity contribution in [1.29, 1.82) is 0 Å². The molecule has 288 valence electrons. The third-order valence-corrected chi connectivity index (χ3v) is 9.59. The van der Waals surface area contributed by atoms with Gasteiger partial charge < -0.3 is 30.1 Å². The maximum Gasteiger partial charge on any atom is 0.341 e. The SMILES string of the molecule is O=C(O)COc1cccc2c(OCc3ccc(CN4C(=O)c5ccc6c7c(ccc(c57)C4=O)C(=O)N(CCC(=O)N[C@@H](CC(=O)O)C(=O)O)C6=O)cc3)cccc12. The fraction of sp³-hybridized carbons (Fsp3) is 0.171. The van der Waals surface area contributed by atoms with Gasteiger partial charge in [-0.05, 0) is 47.5 Å². The third-order valence-electron chi connectivity index (χ3n) is 9.59. The number of rotatable bonds is 15. The molecule has 0 aromatic heterocycles. The fourth-order valence-electron chi connectivity index (χ4n) is 6.90. The summed E-state index contributed by atoms with van der Waals surface area (Å²) in [5.41, 5.74) is 1.73. The zero-order valence-electron chi connectivity index (χ0n) is 29.7. The van der Waals surface area contributed by atoms with Crippen LogP contribution in [0.5, 0.6) is 11.5 Å². The van der Waals surface area contributed by atoms with Crippen molar-refractivity contribution < 1.29 is 63.1 Å². The van der Waals surface area contributed by atoms with Crippen molar-refractivity contribution in [3.05, 3.63) is 118 Å². The Bertz CT molecular complexity index is 2490. The summed E-state index contributed by atoms with van der Waals surface area (Å²) in [6.07, 6.45) is -1.38. The highest BCUT2D eigenvalue weighted by molar-refractivity contribution is 6.33. The van der Waals surface area contributed by atoms with E-state index < -0.39 is 79.5 Å². The average molecular weight is 774 g/mol. The molecular formula is C41H31N3O13. The number of benzene rings is 5. The minimum atomic E-state index is -1.71. The second-order valence-corrected chi connectivity index (χ2v) is 13.2. The van der Waals surface area contributed by atoms with E-state index in [0.717, 1.165) is 20.7 Å². The first-order valence-corrected chi connectivity index (χ1v) is 17.5. The summed E-state index contributed by atoms with van der Waals surface area (Å²) in [4.78, 5) is 102. The molecule has 1 atom stereocenters. The third kappa shape index (κ3) is 7.30. The van der Waals surface area contributed by atoms with Crippen LogP contribution in [0.2, 0.25) is 0 Å². The van der Waals surface area contributed by atoms with Crippen molar-refractivity contribution in [3.63, 3.8) is 0 Å². The van der Waals surface area contributed by atoms with Crippen LogP contribution in [0.4, 0.5) is 0 Å². The number of carboxylic acid groups (broad SMARTS) is 3. The number of carbonyl (C=O) groups excluding carboxylic acids is 5. The number of amides is 5. The Labute approximate surface area is 321 Å². The first kappa shape index (κ1) is 37.7. The van der Waals surface area contributed by atoms with Gasteiger partial charge in [-0.15, -0.1) is 0 Å². The van der Waals surface area contributed by atoms with Crippen LogP contribution in [-0.2, 0) is 32.3 Å². The fourth-order valence-corrected chi connectivity index (χ4v) is 6.90. The summed E-state index contributed by atoms with van der Waals surface area (Å²) in [5, 5.41) is 30.9. The van der Waals surface area contributed by atoms with Crippen LogP contribution in [0.1, 0.15) is 65.4 Å². The number of carboxylic acids is 3. The van der Waals surface area contributed by atoms with E-state index in [4.69, 9.17) is 19.7 Å². The first-order chi connectivity index (χ1) is 27.3. The standard InChI is InChI=1S/C41H31N3O13/c45-32(42-29(41(54)55)17-33(46)47)15-16-43-37(50)25-11-13-27-36-28(14-12-26(35(25)36)38(43)51)40(53)44(39(27)52)18-21-7-9-22(10-8-21)19-56-30-5-1-4-24-23(30)3-2-6-31(24)57-20-34(48)49/h1-14,29H,15-20H2,(H,42,45)(H,46,47)(H,48,49)(H,54,55)/t29-/m0/s1. The molecule has 2 heterocycles. The number of hydrogen-bond donors (Lipinski definition) is 4. The van der Waals surface area contributed by atoms with E-state index in [-0.39, 0.29) is 46.2 Å². The topological polar surface area (TPSA) is 234 Å². The Kier molecular flexibility index (Phi) is 10.1. The predicted molar refractivity (Wildman–Crippen MR) is 198 cm³/mol. The van der Waals surface area contributed by atoms with E-state index in [2.05, 4.69) is 5.32 Å². The van der Waals surface area contributed by atoms with Gasteiger partial charge in [0, 0.05) is 56.8 Å². The van der Waals surface area contributed by atoms with Gasteiger partial charge in [0.15, 0.2) is 6.61 Å². The van der Waals surface area contributed by atoms with Crippen molar-refractivity contribution in [2.45, 2.75) is 32.0 Å². The highest BCUT2D eigenvalue weighted by atomic mass is 16.5. The lowest BCUT2D eigenvalue weighted by Gasteiger charge is -2.32. The normalized spacial score (nSPS) is 13.8. The smallest absolute Gasteiger partial charge is 0.341 e. The number of aliphatic carboxylic acids is 3. The maximum absolute atomic E-state index is 13.8. The minimum Gasteiger partial charge on any atom is -0.488 e. The molecule has 16 heteroatoms. The van der Waals surface area contributed by atoms with Gasteiger partial charge in [0.1, 0.15) is 24.1 Å². The van der Waals surface area contributed by atoms with Gasteiger partial charge >= 0.3 is 17.9 Å². The highest BCUT2D eigenvalue weighted by Crippen LogP contribution is 2.38. The molecule has 0 fully saturated rings. The molecule has 0 spiro atoms. The van der Waals surface area contributed by atoms with E-state index in [9.17, 15) is 43.5 Å². The number of imide groups is 2. The molecule has 4 N–H and O–H groups in total. The largest absolute Gasteiger partial charge is 0.488 e. The molecule has 5 amide bonds. The van der Waals surface area contributed by atoms with E-state index in [1.54, 1.807) is 54.6 Å². The molecule has 5 aromatic carbocycles. The Morgan fingerprint density at radius 1 is 0.596 bits per heavy atom. The van der Waals surface area contributed by atoms with Crippen molar-refractivity contribution >= 4 is 69.0 Å². The van der Waals surface area contributed by atoms with Crippen molar-refractivity contribution in [1.82, 2.24) is 15.1 Å². The molecule has 0 saturated carbocycles. The molecule has 0 radical (unpaired) electrons. The Morgan fingerprint density at radius 2 is 1.09 bits per heavy atom. The number of ether oxygens (including phenoxy) is 2. The van der Waals surface area contributed by atoms with E-state index >= 15 is 0 Å². The van der Waals surface area contributed by atoms with E-state index in [1.165, 1.54) is 24.3 Å². The van der Waals surface area contributed by atoms with Gasteiger partial charge in [0.2, 0.25) is 5.91 Å². The monoisotopic (exact) mass is 773 g/mol. The quantitative estimate of drug-likeness (QED) is 0.111. The van der Waals surface area contributed by atoms with Crippen LogP contribution >= 0.6 is 0 Å². The Hall–Kier alpha value is -7.62. The molecular weight excluding hydrogens is 742 g/mol. The van der Waals surface area contributed by atoms with Gasteiger partial charge in [-0.2, -0.15) is 0 Å². The number of nitrogens with one attached hydrogen (secondary N) is 1. The van der Waals surface area contributed by atoms with Crippen LogP contribution in [0.25, 0.3) is 21.5 Å². The molecule has 0 bridgehead atoms. The summed E-state index contributed by atoms with van der Waals surface area (Å²) in [6, 6.07) is 21.6. The summed E-state index contributed by atoms with van der Waals surface area (Å²) >= 11 is 0. The molecule has 0 saturated heterocycles. The van der Waals surface area contributed by atoms with Crippen molar-refractivity contribution in [2.75, 3.05) is 13.2 Å². The predicted octanol–water partition coefficient (Wildman–Crippen LogP) is 3.86. The molecule has 57 heavy (non-hydrogen) atoms. The van der Waals surface area contributed by atoms with Crippen LogP contribution in [0.15, 0.2) is 84.9 Å². The van der Waals surface area contributed by atoms with Gasteiger partial charge in [-0.1, -0.05) is 48.5 Å². The van der Waals surface area contributed by atoms with Crippen molar-refractivity contribution in [2.24, 2.45) is 0 Å². The Balaban J connectivity index is 1.04. The molecule has 16 nitrogen and oxygen atoms in total. The van der Waals surface area contributed by atoms with Gasteiger partial charge in [-0.3, -0.25) is 38.6 Å². The summed E-state index contributed by atoms with van der Waals surface area (Å²) in [7, 11) is 0. The lowest BCUT2D eigenvalue weighted by Crippen LogP contribution is -2.46. The number of carbonyl (C=O) groups is 8. The number of nitrogens with zero attached hydrogens (tertiary/aromatic N) is 2. The highest BCUT2D eigenvalue weighted by Gasteiger charge is 2.40. The molecule has 0 unspecified atom stereocenters. The summed E-state index contributed by atoms with van der Waals surface area (Å²) in [6.45, 7) is -0.822. The number of hydrogen-bond acceptors (Lipinski definition) is 10. The molecule has 5 aromatic rings. The van der Waals surface area contributed by atoms with E-state index in [1.807, 2.05) is 6.07 Å². The van der Waals surface area contributed by atoms with Crippen LogP contribution in [-0.4, -0.2) is 91.8 Å². The maximum atomic E-state index is 13.8. The molecule has 7 rings (SSSR count). The lowest BCUT2D eigenvalue weighted by atomic mass is 9.85. The van der Waals surface area contributed by atoms with Gasteiger partial charge in [0.25, 0.3) is 23.6 Å². The number of fused-ring (bicyclic) bond motifs is 1. The first-order valence-electron chi connectivity index (χ1n) is 17.5. The van der Waals surface area contributed by atoms with Gasteiger partial charge in [0.05, 0.1) is 13.0 Å².